The Kier molecular flexibility index (Phi) is 4.03. The first-order valence-corrected chi connectivity index (χ1v) is 5.10. The van der Waals surface area contributed by atoms with Gasteiger partial charge in [-0.15, -0.1) is 0 Å². The van der Waals surface area contributed by atoms with Gasteiger partial charge in [0.15, 0.2) is 5.78 Å². The van der Waals surface area contributed by atoms with E-state index in [-0.39, 0.29) is 5.78 Å². The predicted octanol–water partition coefficient (Wildman–Crippen LogP) is 1.65. The lowest BCUT2D eigenvalue weighted by atomic mass is 10.1. The van der Waals surface area contributed by atoms with Gasteiger partial charge in [0.05, 0.1) is 11.3 Å². The van der Waals surface area contributed by atoms with Gasteiger partial charge in [-0.05, 0) is 20.3 Å². The average molecular weight is 210 g/mol. The zero-order valence-corrected chi connectivity index (χ0v) is 9.83. The lowest BCUT2D eigenvalue weighted by Gasteiger charge is -2.01. The number of carbonyl (C=O) groups excluding carboxylic acids is 1. The maximum absolute atomic E-state index is 11.9. The molecule has 1 aromatic heterocycles. The maximum atomic E-state index is 11.9. The molecular formula is C11H18N2O2. The summed E-state index contributed by atoms with van der Waals surface area (Å²) in [6.07, 6.45) is 1.30. The van der Waals surface area contributed by atoms with Crippen molar-refractivity contribution in [2.24, 2.45) is 7.05 Å². The third-order valence-electron chi connectivity index (χ3n) is 2.54. The van der Waals surface area contributed by atoms with Gasteiger partial charge < -0.3 is 4.74 Å². The Morgan fingerprint density at radius 3 is 2.60 bits per heavy atom. The van der Waals surface area contributed by atoms with E-state index in [1.54, 1.807) is 11.8 Å². The van der Waals surface area contributed by atoms with Crippen LogP contribution in [0.4, 0.5) is 0 Å². The van der Waals surface area contributed by atoms with Gasteiger partial charge >= 0.3 is 0 Å². The second kappa shape index (κ2) is 5.07. The third-order valence-corrected chi connectivity index (χ3v) is 2.54. The zero-order valence-electron chi connectivity index (χ0n) is 9.83. The highest BCUT2D eigenvalue weighted by Crippen LogP contribution is 2.14. The van der Waals surface area contributed by atoms with E-state index >= 15 is 0 Å². The van der Waals surface area contributed by atoms with Crippen LogP contribution in [-0.4, -0.2) is 29.3 Å². The van der Waals surface area contributed by atoms with Crippen molar-refractivity contribution < 1.29 is 9.53 Å². The molecule has 0 saturated carbocycles. The summed E-state index contributed by atoms with van der Waals surface area (Å²) in [5, 5.41) is 4.22. The van der Waals surface area contributed by atoms with Crippen molar-refractivity contribution in [3.63, 3.8) is 0 Å². The Bertz CT molecular complexity index is 356. The standard InChI is InChI=1S/C11H18N2O2/c1-8-11(9(2)13(3)12-8)10(14)6-5-7-15-4/h5-7H2,1-4H3. The highest BCUT2D eigenvalue weighted by atomic mass is 16.5. The summed E-state index contributed by atoms with van der Waals surface area (Å²) in [6, 6.07) is 0. The molecule has 0 bridgehead atoms. The molecule has 0 aliphatic carbocycles. The number of aromatic nitrogens is 2. The Morgan fingerprint density at radius 1 is 1.47 bits per heavy atom. The topological polar surface area (TPSA) is 44.1 Å². The minimum Gasteiger partial charge on any atom is -0.385 e. The first-order valence-electron chi connectivity index (χ1n) is 5.10. The van der Waals surface area contributed by atoms with E-state index in [1.165, 1.54) is 0 Å². The van der Waals surface area contributed by atoms with Gasteiger partial charge in [0.25, 0.3) is 0 Å². The number of hydrogen-bond donors (Lipinski definition) is 0. The lowest BCUT2D eigenvalue weighted by molar-refractivity contribution is 0.0962. The second-order valence-corrected chi connectivity index (χ2v) is 3.69. The van der Waals surface area contributed by atoms with Crippen molar-refractivity contribution in [3.05, 3.63) is 17.0 Å². The van der Waals surface area contributed by atoms with Crippen molar-refractivity contribution >= 4 is 5.78 Å². The van der Waals surface area contributed by atoms with Gasteiger partial charge in [-0.3, -0.25) is 9.48 Å². The Labute approximate surface area is 90.2 Å². The van der Waals surface area contributed by atoms with Crippen molar-refractivity contribution in [1.29, 1.82) is 0 Å². The van der Waals surface area contributed by atoms with Gasteiger partial charge in [-0.2, -0.15) is 5.10 Å². The molecule has 0 N–H and O–H groups in total. The number of rotatable bonds is 5. The summed E-state index contributed by atoms with van der Waals surface area (Å²) in [7, 11) is 3.50. The summed E-state index contributed by atoms with van der Waals surface area (Å²) in [5.74, 6) is 0.162. The fourth-order valence-corrected chi connectivity index (χ4v) is 1.68. The number of Topliss-reactive ketones (excluding diaryl/α,β-unsaturated/α-hetero) is 1. The van der Waals surface area contributed by atoms with E-state index < -0.39 is 0 Å². The summed E-state index contributed by atoms with van der Waals surface area (Å²) in [4.78, 5) is 11.9. The van der Waals surface area contributed by atoms with Crippen LogP contribution in [0.5, 0.6) is 0 Å². The Hall–Kier alpha value is -1.16. The number of aryl methyl sites for hydroxylation is 2. The molecule has 0 saturated heterocycles. The summed E-state index contributed by atoms with van der Waals surface area (Å²) < 4.78 is 6.67. The molecule has 1 heterocycles. The van der Waals surface area contributed by atoms with E-state index in [2.05, 4.69) is 5.10 Å². The van der Waals surface area contributed by atoms with Crippen molar-refractivity contribution in [3.8, 4) is 0 Å². The summed E-state index contributed by atoms with van der Waals surface area (Å²) in [5.41, 5.74) is 2.53. The van der Waals surface area contributed by atoms with Gasteiger partial charge in [0.2, 0.25) is 0 Å². The maximum Gasteiger partial charge on any atom is 0.166 e. The second-order valence-electron chi connectivity index (χ2n) is 3.69. The molecule has 0 aromatic carbocycles. The first-order chi connectivity index (χ1) is 7.07. The molecule has 0 fully saturated rings. The van der Waals surface area contributed by atoms with Gasteiger partial charge in [-0.25, -0.2) is 0 Å². The molecule has 1 aromatic rings. The molecule has 0 spiro atoms. The minimum atomic E-state index is 0.162. The van der Waals surface area contributed by atoms with E-state index in [0.717, 1.165) is 23.4 Å². The molecule has 15 heavy (non-hydrogen) atoms. The number of nitrogens with zero attached hydrogens (tertiary/aromatic N) is 2. The molecule has 1 rings (SSSR count). The summed E-state index contributed by atoms with van der Waals surface area (Å²) in [6.45, 7) is 4.42. The van der Waals surface area contributed by atoms with E-state index in [4.69, 9.17) is 4.74 Å². The zero-order chi connectivity index (χ0) is 11.4. The fraction of sp³-hybridized carbons (Fsp3) is 0.636. The first kappa shape index (κ1) is 11.9. The molecule has 0 unspecified atom stereocenters. The van der Waals surface area contributed by atoms with Gasteiger partial charge in [-0.1, -0.05) is 0 Å². The van der Waals surface area contributed by atoms with Crippen LogP contribution in [0, 0.1) is 13.8 Å². The molecular weight excluding hydrogens is 192 g/mol. The van der Waals surface area contributed by atoms with Crippen LogP contribution in [0.25, 0.3) is 0 Å². The molecule has 0 aliphatic heterocycles. The largest absolute Gasteiger partial charge is 0.385 e. The normalized spacial score (nSPS) is 10.7. The molecule has 84 valence electrons. The molecule has 0 radical (unpaired) electrons. The van der Waals surface area contributed by atoms with Crippen LogP contribution >= 0.6 is 0 Å². The van der Waals surface area contributed by atoms with Crippen LogP contribution in [0.15, 0.2) is 0 Å². The Balaban J connectivity index is 2.73. The molecule has 4 heteroatoms. The highest BCUT2D eigenvalue weighted by molar-refractivity contribution is 5.98. The van der Waals surface area contributed by atoms with Gasteiger partial charge in [0.1, 0.15) is 0 Å². The number of ketones is 1. The fourth-order valence-electron chi connectivity index (χ4n) is 1.68. The monoisotopic (exact) mass is 210 g/mol. The highest BCUT2D eigenvalue weighted by Gasteiger charge is 2.16. The molecule has 4 nitrogen and oxygen atoms in total. The Morgan fingerprint density at radius 2 is 2.13 bits per heavy atom. The summed E-state index contributed by atoms with van der Waals surface area (Å²) >= 11 is 0. The molecule has 0 atom stereocenters. The smallest absolute Gasteiger partial charge is 0.166 e. The van der Waals surface area contributed by atoms with Crippen molar-refractivity contribution in [1.82, 2.24) is 9.78 Å². The molecule has 0 aliphatic rings. The van der Waals surface area contributed by atoms with Gasteiger partial charge in [0, 0.05) is 32.9 Å². The van der Waals surface area contributed by atoms with Crippen molar-refractivity contribution in [2.75, 3.05) is 13.7 Å². The SMILES string of the molecule is COCCCC(=O)c1c(C)nn(C)c1C. The lowest BCUT2D eigenvalue weighted by Crippen LogP contribution is -2.04. The van der Waals surface area contributed by atoms with Crippen molar-refractivity contribution in [2.45, 2.75) is 26.7 Å². The quantitative estimate of drug-likeness (QED) is 0.548. The third kappa shape index (κ3) is 2.65. The van der Waals surface area contributed by atoms with E-state index in [1.807, 2.05) is 20.9 Å². The van der Waals surface area contributed by atoms with Crippen LogP contribution in [0.2, 0.25) is 0 Å². The van der Waals surface area contributed by atoms with Crippen LogP contribution < -0.4 is 0 Å². The van der Waals surface area contributed by atoms with E-state index in [0.29, 0.717) is 13.0 Å². The van der Waals surface area contributed by atoms with Crippen LogP contribution in [0.3, 0.4) is 0 Å². The molecule has 0 amide bonds. The predicted molar refractivity (Wildman–Crippen MR) is 58.1 cm³/mol. The number of ether oxygens (including phenoxy) is 1. The minimum absolute atomic E-state index is 0.162. The average Bonchev–Trinajstić information content (AvgIpc) is 2.41. The van der Waals surface area contributed by atoms with E-state index in [9.17, 15) is 4.79 Å². The number of methoxy groups -OCH3 is 1. The number of carbonyl (C=O) groups is 1. The van der Waals surface area contributed by atoms with Crippen LogP contribution in [0.1, 0.15) is 34.6 Å². The number of hydrogen-bond acceptors (Lipinski definition) is 3. The van der Waals surface area contributed by atoms with Crippen LogP contribution in [-0.2, 0) is 11.8 Å².